The molecule has 1 fully saturated rings. The topological polar surface area (TPSA) is 71.8 Å². The van der Waals surface area contributed by atoms with Gasteiger partial charge in [0.25, 0.3) is 0 Å². The quantitative estimate of drug-likeness (QED) is 0.587. The first-order valence-electron chi connectivity index (χ1n) is 4.19. The van der Waals surface area contributed by atoms with Gasteiger partial charge in [-0.2, -0.15) is 0 Å². The largest absolute Gasteiger partial charge is 0.349 e. The molecule has 0 radical (unpaired) electrons. The zero-order valence-corrected chi connectivity index (χ0v) is 7.10. The van der Waals surface area contributed by atoms with Crippen molar-refractivity contribution < 1.29 is 4.79 Å². The van der Waals surface area contributed by atoms with Gasteiger partial charge in [-0.25, -0.2) is 4.68 Å². The van der Waals surface area contributed by atoms with Crippen molar-refractivity contribution in [1.82, 2.24) is 25.6 Å². The second-order valence-electron chi connectivity index (χ2n) is 3.02. The summed E-state index contributed by atoms with van der Waals surface area (Å²) >= 11 is 0. The van der Waals surface area contributed by atoms with E-state index in [4.69, 9.17) is 0 Å². The van der Waals surface area contributed by atoms with E-state index >= 15 is 0 Å². The van der Waals surface area contributed by atoms with Crippen molar-refractivity contribution in [3.8, 4) is 0 Å². The van der Waals surface area contributed by atoms with Crippen LogP contribution in [0, 0.1) is 0 Å². The standard InChI is InChI=1S/C7H11N5O/c13-7(10-6-3-8-4-6)5-12-2-1-9-11-12/h1-2,6,8H,3-5H2,(H,10,13). The molecule has 0 bridgehead atoms. The van der Waals surface area contributed by atoms with Crippen LogP contribution < -0.4 is 10.6 Å². The van der Waals surface area contributed by atoms with E-state index < -0.39 is 0 Å². The van der Waals surface area contributed by atoms with E-state index in [0.717, 1.165) is 13.1 Å². The monoisotopic (exact) mass is 181 g/mol. The zero-order valence-electron chi connectivity index (χ0n) is 7.10. The van der Waals surface area contributed by atoms with Gasteiger partial charge in [0.15, 0.2) is 0 Å². The molecular formula is C7H11N5O. The highest BCUT2D eigenvalue weighted by molar-refractivity contribution is 5.76. The molecule has 70 valence electrons. The van der Waals surface area contributed by atoms with Gasteiger partial charge in [0.1, 0.15) is 6.54 Å². The number of rotatable bonds is 3. The Hall–Kier alpha value is -1.43. The Balaban J connectivity index is 1.78. The SMILES string of the molecule is O=C(Cn1ccnn1)NC1CNC1. The Morgan fingerprint density at radius 2 is 2.54 bits per heavy atom. The lowest BCUT2D eigenvalue weighted by Crippen LogP contribution is -2.57. The van der Waals surface area contributed by atoms with E-state index in [0.29, 0.717) is 0 Å². The van der Waals surface area contributed by atoms with Gasteiger partial charge in [-0.3, -0.25) is 4.79 Å². The second kappa shape index (κ2) is 3.53. The first-order chi connectivity index (χ1) is 6.34. The smallest absolute Gasteiger partial charge is 0.242 e. The molecule has 0 aromatic carbocycles. The van der Waals surface area contributed by atoms with E-state index in [9.17, 15) is 4.79 Å². The van der Waals surface area contributed by atoms with E-state index in [-0.39, 0.29) is 18.5 Å². The lowest BCUT2D eigenvalue weighted by Gasteiger charge is -2.27. The van der Waals surface area contributed by atoms with Gasteiger partial charge in [-0.1, -0.05) is 5.21 Å². The Morgan fingerprint density at radius 1 is 1.69 bits per heavy atom. The molecule has 1 aliphatic heterocycles. The highest BCUT2D eigenvalue weighted by atomic mass is 16.2. The molecular weight excluding hydrogens is 170 g/mol. The Morgan fingerprint density at radius 3 is 3.08 bits per heavy atom. The van der Waals surface area contributed by atoms with Crippen LogP contribution in [0.4, 0.5) is 0 Å². The third-order valence-electron chi connectivity index (χ3n) is 1.92. The van der Waals surface area contributed by atoms with Crippen LogP contribution in [-0.2, 0) is 11.3 Å². The van der Waals surface area contributed by atoms with Crippen molar-refractivity contribution in [1.29, 1.82) is 0 Å². The third-order valence-corrected chi connectivity index (χ3v) is 1.92. The zero-order chi connectivity index (χ0) is 9.10. The fourth-order valence-corrected chi connectivity index (χ4v) is 1.13. The van der Waals surface area contributed by atoms with Crippen molar-refractivity contribution in [2.45, 2.75) is 12.6 Å². The minimum atomic E-state index is -0.0167. The van der Waals surface area contributed by atoms with Gasteiger partial charge in [0.05, 0.1) is 12.2 Å². The van der Waals surface area contributed by atoms with Crippen LogP contribution >= 0.6 is 0 Å². The number of nitrogens with zero attached hydrogens (tertiary/aromatic N) is 3. The molecule has 13 heavy (non-hydrogen) atoms. The predicted octanol–water partition coefficient (Wildman–Crippen LogP) is -1.63. The molecule has 0 saturated carbocycles. The minimum Gasteiger partial charge on any atom is -0.349 e. The predicted molar refractivity (Wildman–Crippen MR) is 44.8 cm³/mol. The summed E-state index contributed by atoms with van der Waals surface area (Å²) in [6.45, 7) is 1.97. The molecule has 6 nitrogen and oxygen atoms in total. The highest BCUT2D eigenvalue weighted by Crippen LogP contribution is 1.90. The summed E-state index contributed by atoms with van der Waals surface area (Å²) in [7, 11) is 0. The van der Waals surface area contributed by atoms with Crippen LogP contribution in [0.1, 0.15) is 0 Å². The van der Waals surface area contributed by atoms with Crippen LogP contribution in [0.15, 0.2) is 12.4 Å². The minimum absolute atomic E-state index is 0.0167. The van der Waals surface area contributed by atoms with Crippen molar-refractivity contribution in [3.05, 3.63) is 12.4 Å². The summed E-state index contributed by atoms with van der Waals surface area (Å²) in [6.07, 6.45) is 3.22. The van der Waals surface area contributed by atoms with E-state index in [1.807, 2.05) is 0 Å². The molecule has 2 N–H and O–H groups in total. The van der Waals surface area contributed by atoms with E-state index in [1.165, 1.54) is 4.68 Å². The molecule has 0 spiro atoms. The molecule has 1 aromatic rings. The number of hydrogen-bond donors (Lipinski definition) is 2. The summed E-state index contributed by atoms with van der Waals surface area (Å²) in [6, 6.07) is 0.288. The molecule has 6 heteroatoms. The molecule has 0 unspecified atom stereocenters. The summed E-state index contributed by atoms with van der Waals surface area (Å²) in [5, 5.41) is 13.2. The fraction of sp³-hybridized carbons (Fsp3) is 0.571. The Labute approximate surface area is 75.3 Å². The van der Waals surface area contributed by atoms with Gasteiger partial charge in [0.2, 0.25) is 5.91 Å². The molecule has 0 atom stereocenters. The molecule has 1 aromatic heterocycles. The van der Waals surface area contributed by atoms with Crippen LogP contribution in [0.2, 0.25) is 0 Å². The maximum atomic E-state index is 11.3. The average Bonchev–Trinajstić information content (AvgIpc) is 2.49. The number of hydrogen-bond acceptors (Lipinski definition) is 4. The molecule has 2 heterocycles. The molecule has 1 saturated heterocycles. The number of amides is 1. The Kier molecular flexibility index (Phi) is 2.22. The van der Waals surface area contributed by atoms with E-state index in [1.54, 1.807) is 12.4 Å². The highest BCUT2D eigenvalue weighted by Gasteiger charge is 2.18. The fourth-order valence-electron chi connectivity index (χ4n) is 1.13. The maximum Gasteiger partial charge on any atom is 0.242 e. The van der Waals surface area contributed by atoms with Gasteiger partial charge < -0.3 is 10.6 Å². The Bertz CT molecular complexity index is 279. The maximum absolute atomic E-state index is 11.3. The van der Waals surface area contributed by atoms with Gasteiger partial charge in [-0.15, -0.1) is 5.10 Å². The molecule has 1 amide bonds. The first kappa shape index (κ1) is 8.18. The van der Waals surface area contributed by atoms with Crippen LogP contribution in [-0.4, -0.2) is 40.0 Å². The van der Waals surface area contributed by atoms with Crippen molar-refractivity contribution in [3.63, 3.8) is 0 Å². The number of aromatic nitrogens is 3. The number of carbonyl (C=O) groups is 1. The molecule has 1 aliphatic rings. The normalized spacial score (nSPS) is 16.6. The number of nitrogens with one attached hydrogen (secondary N) is 2. The summed E-state index contributed by atoms with van der Waals surface area (Å²) in [4.78, 5) is 11.3. The number of carbonyl (C=O) groups excluding carboxylic acids is 1. The van der Waals surface area contributed by atoms with Crippen LogP contribution in [0.5, 0.6) is 0 Å². The van der Waals surface area contributed by atoms with Gasteiger partial charge in [-0.05, 0) is 0 Å². The lowest BCUT2D eigenvalue weighted by atomic mass is 10.2. The van der Waals surface area contributed by atoms with Crippen LogP contribution in [0.3, 0.4) is 0 Å². The average molecular weight is 181 g/mol. The van der Waals surface area contributed by atoms with Gasteiger partial charge in [0, 0.05) is 19.3 Å². The first-order valence-corrected chi connectivity index (χ1v) is 4.19. The third kappa shape index (κ3) is 2.03. The van der Waals surface area contributed by atoms with Gasteiger partial charge >= 0.3 is 0 Å². The summed E-state index contributed by atoms with van der Waals surface area (Å²) in [5.74, 6) is -0.0167. The van der Waals surface area contributed by atoms with E-state index in [2.05, 4.69) is 20.9 Å². The van der Waals surface area contributed by atoms with Crippen LogP contribution in [0.25, 0.3) is 0 Å². The summed E-state index contributed by atoms with van der Waals surface area (Å²) < 4.78 is 1.50. The van der Waals surface area contributed by atoms with Crippen molar-refractivity contribution >= 4 is 5.91 Å². The lowest BCUT2D eigenvalue weighted by molar-refractivity contribution is -0.122. The second-order valence-corrected chi connectivity index (χ2v) is 3.02. The summed E-state index contributed by atoms with van der Waals surface area (Å²) in [5.41, 5.74) is 0. The van der Waals surface area contributed by atoms with Crippen molar-refractivity contribution in [2.75, 3.05) is 13.1 Å². The van der Waals surface area contributed by atoms with Crippen molar-refractivity contribution in [2.24, 2.45) is 0 Å². The molecule has 0 aliphatic carbocycles. The molecule has 2 rings (SSSR count).